The standard InChI is InChI=1S/C23H21ClN2O4S/c1-16-6-2-3-7-17(16)14-25-23(27)22-15-26(20-8-4-5-9-21(20)30-22)31(28,29)19-12-10-18(24)11-13-19/h2-13,22H,14-15H2,1H3,(H,25,27). The van der Waals surface area contributed by atoms with Gasteiger partial charge in [0.05, 0.1) is 17.1 Å². The van der Waals surface area contributed by atoms with Crippen molar-refractivity contribution in [1.29, 1.82) is 0 Å². The number of amides is 1. The summed E-state index contributed by atoms with van der Waals surface area (Å²) in [7, 11) is -3.92. The van der Waals surface area contributed by atoms with E-state index in [-0.39, 0.29) is 17.3 Å². The molecule has 1 unspecified atom stereocenters. The molecule has 3 aromatic carbocycles. The molecule has 1 heterocycles. The first-order chi connectivity index (χ1) is 14.9. The van der Waals surface area contributed by atoms with E-state index in [1.807, 2.05) is 31.2 Å². The monoisotopic (exact) mass is 456 g/mol. The number of ether oxygens (including phenoxy) is 1. The lowest BCUT2D eigenvalue weighted by Gasteiger charge is -2.34. The fraction of sp³-hybridized carbons (Fsp3) is 0.174. The highest BCUT2D eigenvalue weighted by atomic mass is 35.5. The first-order valence-corrected chi connectivity index (χ1v) is 11.5. The molecule has 0 saturated heterocycles. The summed E-state index contributed by atoms with van der Waals surface area (Å²) in [4.78, 5) is 13.0. The summed E-state index contributed by atoms with van der Waals surface area (Å²) < 4.78 is 33.8. The van der Waals surface area contributed by atoms with Crippen LogP contribution in [-0.2, 0) is 21.4 Å². The van der Waals surface area contributed by atoms with E-state index in [2.05, 4.69) is 5.32 Å². The van der Waals surface area contributed by atoms with E-state index in [0.717, 1.165) is 11.1 Å². The fourth-order valence-corrected chi connectivity index (χ4v) is 5.01. The van der Waals surface area contributed by atoms with Crippen LogP contribution in [0.5, 0.6) is 5.75 Å². The average Bonchev–Trinajstić information content (AvgIpc) is 2.78. The highest BCUT2D eigenvalue weighted by Crippen LogP contribution is 2.37. The molecule has 0 bridgehead atoms. The van der Waals surface area contributed by atoms with Crippen LogP contribution in [0.2, 0.25) is 5.02 Å². The van der Waals surface area contributed by atoms with Gasteiger partial charge >= 0.3 is 0 Å². The Balaban J connectivity index is 1.60. The number of anilines is 1. The molecule has 160 valence electrons. The van der Waals surface area contributed by atoms with Crippen molar-refractivity contribution in [3.63, 3.8) is 0 Å². The Morgan fingerprint density at radius 1 is 1.06 bits per heavy atom. The van der Waals surface area contributed by atoms with Crippen LogP contribution in [-0.4, -0.2) is 27.0 Å². The Morgan fingerprint density at radius 3 is 2.48 bits per heavy atom. The maximum absolute atomic E-state index is 13.3. The predicted molar refractivity (Wildman–Crippen MR) is 120 cm³/mol. The molecule has 1 aliphatic heterocycles. The summed E-state index contributed by atoms with van der Waals surface area (Å²) in [6, 6.07) is 20.4. The van der Waals surface area contributed by atoms with Gasteiger partial charge in [-0.3, -0.25) is 9.10 Å². The minimum Gasteiger partial charge on any atom is -0.476 e. The molecule has 1 atom stereocenters. The van der Waals surface area contributed by atoms with Crippen LogP contribution in [0.25, 0.3) is 0 Å². The lowest BCUT2D eigenvalue weighted by atomic mass is 10.1. The highest BCUT2D eigenvalue weighted by molar-refractivity contribution is 7.92. The minimum absolute atomic E-state index is 0.0904. The number of carbonyl (C=O) groups excluding carboxylic acids is 1. The lowest BCUT2D eigenvalue weighted by molar-refractivity contribution is -0.127. The van der Waals surface area contributed by atoms with Gasteiger partial charge in [-0.25, -0.2) is 8.42 Å². The number of fused-ring (bicyclic) bond motifs is 1. The first kappa shape index (κ1) is 21.2. The molecule has 0 aliphatic carbocycles. The molecule has 1 aliphatic rings. The molecule has 8 heteroatoms. The Morgan fingerprint density at radius 2 is 1.74 bits per heavy atom. The zero-order valence-electron chi connectivity index (χ0n) is 16.8. The van der Waals surface area contributed by atoms with Crippen molar-refractivity contribution in [2.24, 2.45) is 0 Å². The Labute approximate surface area is 186 Å². The Bertz CT molecular complexity index is 1210. The Hall–Kier alpha value is -3.03. The summed E-state index contributed by atoms with van der Waals surface area (Å²) >= 11 is 5.91. The van der Waals surface area contributed by atoms with E-state index in [4.69, 9.17) is 16.3 Å². The van der Waals surface area contributed by atoms with Gasteiger partial charge in [-0.05, 0) is 54.4 Å². The van der Waals surface area contributed by atoms with Crippen LogP contribution in [0.4, 0.5) is 5.69 Å². The van der Waals surface area contributed by atoms with Crippen LogP contribution in [0.1, 0.15) is 11.1 Å². The SMILES string of the molecule is Cc1ccccc1CNC(=O)C1CN(S(=O)(=O)c2ccc(Cl)cc2)c2ccccc2O1. The van der Waals surface area contributed by atoms with Gasteiger partial charge in [-0.2, -0.15) is 0 Å². The molecule has 0 aromatic heterocycles. The summed E-state index contributed by atoms with van der Waals surface area (Å²) in [5, 5.41) is 3.30. The average molecular weight is 457 g/mol. The summed E-state index contributed by atoms with van der Waals surface area (Å²) in [6.07, 6.45) is -0.985. The number of benzene rings is 3. The van der Waals surface area contributed by atoms with E-state index < -0.39 is 16.1 Å². The number of sulfonamides is 1. The molecule has 4 rings (SSSR count). The topological polar surface area (TPSA) is 75.7 Å². The van der Waals surface area contributed by atoms with Crippen molar-refractivity contribution in [1.82, 2.24) is 5.32 Å². The second-order valence-corrected chi connectivity index (χ2v) is 9.51. The number of hydrogen-bond donors (Lipinski definition) is 1. The third-order valence-electron chi connectivity index (χ3n) is 5.14. The van der Waals surface area contributed by atoms with Crippen molar-refractivity contribution in [2.75, 3.05) is 10.8 Å². The molecule has 0 radical (unpaired) electrons. The smallest absolute Gasteiger partial charge is 0.264 e. The van der Waals surface area contributed by atoms with Gasteiger partial charge < -0.3 is 10.1 Å². The molecule has 0 fully saturated rings. The normalized spacial score (nSPS) is 15.7. The van der Waals surface area contributed by atoms with Gasteiger partial charge in [0, 0.05) is 11.6 Å². The molecule has 0 spiro atoms. The quantitative estimate of drug-likeness (QED) is 0.631. The second kappa shape index (κ2) is 8.61. The van der Waals surface area contributed by atoms with E-state index in [1.54, 1.807) is 24.3 Å². The number of nitrogens with zero attached hydrogens (tertiary/aromatic N) is 1. The lowest BCUT2D eigenvalue weighted by Crippen LogP contribution is -2.50. The second-order valence-electron chi connectivity index (χ2n) is 7.21. The van der Waals surface area contributed by atoms with Crippen LogP contribution in [0.15, 0.2) is 77.7 Å². The minimum atomic E-state index is -3.92. The maximum atomic E-state index is 13.3. The zero-order valence-corrected chi connectivity index (χ0v) is 18.4. The summed E-state index contributed by atoms with van der Waals surface area (Å²) in [6.45, 7) is 2.16. The number of para-hydroxylation sites is 2. The largest absolute Gasteiger partial charge is 0.476 e. The van der Waals surface area contributed by atoms with Crippen molar-refractivity contribution in [2.45, 2.75) is 24.5 Å². The number of hydrogen-bond acceptors (Lipinski definition) is 4. The fourth-order valence-electron chi connectivity index (χ4n) is 3.40. The van der Waals surface area contributed by atoms with Crippen LogP contribution in [0, 0.1) is 6.92 Å². The first-order valence-electron chi connectivity index (χ1n) is 9.72. The van der Waals surface area contributed by atoms with Crippen molar-refractivity contribution < 1.29 is 17.9 Å². The molecule has 1 amide bonds. The highest BCUT2D eigenvalue weighted by Gasteiger charge is 2.37. The molecule has 0 saturated carbocycles. The number of halogens is 1. The molecular weight excluding hydrogens is 436 g/mol. The Kier molecular flexibility index (Phi) is 5.89. The van der Waals surface area contributed by atoms with E-state index in [9.17, 15) is 13.2 Å². The summed E-state index contributed by atoms with van der Waals surface area (Å²) in [5.41, 5.74) is 2.43. The predicted octanol–water partition coefficient (Wildman–Crippen LogP) is 3.92. The molecular formula is C23H21ClN2O4S. The van der Waals surface area contributed by atoms with Crippen molar-refractivity contribution in [3.05, 3.63) is 88.9 Å². The van der Waals surface area contributed by atoms with E-state index in [1.165, 1.54) is 28.6 Å². The molecule has 3 aromatic rings. The van der Waals surface area contributed by atoms with Gasteiger partial charge in [0.15, 0.2) is 6.10 Å². The van der Waals surface area contributed by atoms with Gasteiger partial charge in [0.25, 0.3) is 15.9 Å². The van der Waals surface area contributed by atoms with Crippen molar-refractivity contribution >= 4 is 33.2 Å². The molecule has 1 N–H and O–H groups in total. The number of nitrogens with one attached hydrogen (secondary N) is 1. The maximum Gasteiger partial charge on any atom is 0.264 e. The van der Waals surface area contributed by atoms with Crippen LogP contribution < -0.4 is 14.4 Å². The van der Waals surface area contributed by atoms with Crippen LogP contribution >= 0.6 is 11.6 Å². The van der Waals surface area contributed by atoms with Crippen LogP contribution in [0.3, 0.4) is 0 Å². The van der Waals surface area contributed by atoms with E-state index >= 15 is 0 Å². The molecule has 31 heavy (non-hydrogen) atoms. The summed E-state index contributed by atoms with van der Waals surface area (Å²) in [5.74, 6) is -0.0450. The third kappa shape index (κ3) is 4.38. The number of rotatable bonds is 5. The number of aryl methyl sites for hydroxylation is 1. The zero-order chi connectivity index (χ0) is 22.0. The van der Waals surface area contributed by atoms with Gasteiger partial charge in [0.2, 0.25) is 0 Å². The van der Waals surface area contributed by atoms with E-state index in [0.29, 0.717) is 23.0 Å². The van der Waals surface area contributed by atoms with Crippen molar-refractivity contribution in [3.8, 4) is 5.75 Å². The number of carbonyl (C=O) groups is 1. The van der Waals surface area contributed by atoms with Gasteiger partial charge in [-0.1, -0.05) is 48.0 Å². The van der Waals surface area contributed by atoms with Gasteiger partial charge in [0.1, 0.15) is 5.75 Å². The van der Waals surface area contributed by atoms with Gasteiger partial charge in [-0.15, -0.1) is 0 Å². The third-order valence-corrected chi connectivity index (χ3v) is 7.19. The molecule has 6 nitrogen and oxygen atoms in total.